The lowest BCUT2D eigenvalue weighted by Crippen LogP contribution is -2.14. The molecule has 17 heavy (non-hydrogen) atoms. The molecule has 0 aliphatic heterocycles. The molecule has 0 aliphatic rings. The van der Waals surface area contributed by atoms with Crippen molar-refractivity contribution in [2.45, 2.75) is 32.2 Å². The number of phenols is 1. The molecule has 0 saturated carbocycles. The minimum atomic E-state index is 0.389. The predicted molar refractivity (Wildman–Crippen MR) is 76.7 cm³/mol. The topological polar surface area (TPSA) is 32.3 Å². The zero-order chi connectivity index (χ0) is 12.3. The van der Waals surface area contributed by atoms with Gasteiger partial charge in [0, 0.05) is 12.1 Å². The van der Waals surface area contributed by atoms with E-state index in [1.54, 1.807) is 6.07 Å². The van der Waals surface area contributed by atoms with Crippen molar-refractivity contribution in [3.8, 4) is 5.75 Å². The Morgan fingerprint density at radius 3 is 2.65 bits per heavy atom. The van der Waals surface area contributed by atoms with Gasteiger partial charge in [-0.25, -0.2) is 0 Å². The maximum absolute atomic E-state index is 9.57. The number of hydrogen-bond acceptors (Lipinski definition) is 3. The van der Waals surface area contributed by atoms with Crippen molar-refractivity contribution in [1.29, 1.82) is 0 Å². The Kier molecular flexibility index (Phi) is 7.93. The average Bonchev–Trinajstić information content (AvgIpc) is 2.35. The van der Waals surface area contributed by atoms with Gasteiger partial charge in [-0.2, -0.15) is 11.8 Å². The van der Waals surface area contributed by atoms with E-state index in [-0.39, 0.29) is 0 Å². The van der Waals surface area contributed by atoms with Crippen molar-refractivity contribution < 1.29 is 5.11 Å². The quantitative estimate of drug-likeness (QED) is 0.662. The highest BCUT2D eigenvalue weighted by atomic mass is 32.2. The van der Waals surface area contributed by atoms with Gasteiger partial charge in [0.05, 0.1) is 0 Å². The maximum atomic E-state index is 9.57. The standard InChI is InChI=1S/C14H23NOS/c1-17-11-7-3-2-6-10-15-12-13-8-4-5-9-14(13)16/h4-5,8-9,15-16H,2-3,6-7,10-12H2,1H3. The van der Waals surface area contributed by atoms with E-state index in [0.717, 1.165) is 18.7 Å². The molecule has 1 aromatic carbocycles. The maximum Gasteiger partial charge on any atom is 0.120 e. The molecule has 0 fully saturated rings. The van der Waals surface area contributed by atoms with Crippen LogP contribution in [0.3, 0.4) is 0 Å². The number of benzene rings is 1. The lowest BCUT2D eigenvalue weighted by atomic mass is 10.2. The fourth-order valence-corrected chi connectivity index (χ4v) is 2.23. The highest BCUT2D eigenvalue weighted by Crippen LogP contribution is 2.14. The first-order valence-electron chi connectivity index (χ1n) is 6.31. The summed E-state index contributed by atoms with van der Waals surface area (Å²) < 4.78 is 0. The van der Waals surface area contributed by atoms with Gasteiger partial charge in [-0.3, -0.25) is 0 Å². The summed E-state index contributed by atoms with van der Waals surface area (Å²) in [4.78, 5) is 0. The first-order valence-corrected chi connectivity index (χ1v) is 7.70. The molecule has 0 saturated heterocycles. The van der Waals surface area contributed by atoms with Gasteiger partial charge in [0.2, 0.25) is 0 Å². The summed E-state index contributed by atoms with van der Waals surface area (Å²) in [7, 11) is 0. The second kappa shape index (κ2) is 9.37. The van der Waals surface area contributed by atoms with E-state index in [1.165, 1.54) is 31.4 Å². The highest BCUT2D eigenvalue weighted by molar-refractivity contribution is 7.98. The summed E-state index contributed by atoms with van der Waals surface area (Å²) in [5, 5.41) is 12.9. The molecule has 0 unspecified atom stereocenters. The zero-order valence-electron chi connectivity index (χ0n) is 10.6. The first-order chi connectivity index (χ1) is 8.34. The number of phenolic OH excluding ortho intramolecular Hbond substituents is 1. The Morgan fingerprint density at radius 2 is 1.88 bits per heavy atom. The lowest BCUT2D eigenvalue weighted by Gasteiger charge is -2.06. The van der Waals surface area contributed by atoms with Gasteiger partial charge in [0.15, 0.2) is 0 Å². The van der Waals surface area contributed by atoms with Gasteiger partial charge < -0.3 is 10.4 Å². The number of unbranched alkanes of at least 4 members (excludes halogenated alkanes) is 3. The fourth-order valence-electron chi connectivity index (χ4n) is 1.73. The number of para-hydroxylation sites is 1. The summed E-state index contributed by atoms with van der Waals surface area (Å²) in [6, 6.07) is 7.50. The SMILES string of the molecule is CSCCCCCCNCc1ccccc1O. The lowest BCUT2D eigenvalue weighted by molar-refractivity contribution is 0.463. The molecule has 3 heteroatoms. The monoisotopic (exact) mass is 253 g/mol. The molecule has 0 bridgehead atoms. The van der Waals surface area contributed by atoms with E-state index in [0.29, 0.717) is 5.75 Å². The van der Waals surface area contributed by atoms with Crippen LogP contribution in [0.15, 0.2) is 24.3 Å². The van der Waals surface area contributed by atoms with Crippen LogP contribution in [-0.2, 0) is 6.54 Å². The van der Waals surface area contributed by atoms with E-state index >= 15 is 0 Å². The second-order valence-electron chi connectivity index (χ2n) is 4.21. The number of nitrogens with one attached hydrogen (secondary N) is 1. The molecule has 0 amide bonds. The number of thioether (sulfide) groups is 1. The molecule has 0 aromatic heterocycles. The summed E-state index contributed by atoms with van der Waals surface area (Å²) in [6.45, 7) is 1.80. The van der Waals surface area contributed by atoms with Crippen molar-refractivity contribution >= 4 is 11.8 Å². The van der Waals surface area contributed by atoms with E-state index in [9.17, 15) is 5.11 Å². The van der Waals surface area contributed by atoms with Crippen molar-refractivity contribution in [3.05, 3.63) is 29.8 Å². The molecular weight excluding hydrogens is 230 g/mol. The highest BCUT2D eigenvalue weighted by Gasteiger charge is 1.97. The van der Waals surface area contributed by atoms with Crippen LogP contribution in [0, 0.1) is 0 Å². The number of rotatable bonds is 9. The first kappa shape index (κ1) is 14.4. The van der Waals surface area contributed by atoms with Crippen molar-refractivity contribution in [2.24, 2.45) is 0 Å². The van der Waals surface area contributed by atoms with Crippen LogP contribution < -0.4 is 5.32 Å². The molecule has 0 atom stereocenters. The predicted octanol–water partition coefficient (Wildman–Crippen LogP) is 3.41. The minimum Gasteiger partial charge on any atom is -0.508 e. The number of hydrogen-bond donors (Lipinski definition) is 2. The minimum absolute atomic E-state index is 0.389. The molecule has 0 heterocycles. The molecule has 0 spiro atoms. The average molecular weight is 253 g/mol. The smallest absolute Gasteiger partial charge is 0.120 e. The van der Waals surface area contributed by atoms with Crippen LogP contribution in [0.25, 0.3) is 0 Å². The molecule has 1 aromatic rings. The van der Waals surface area contributed by atoms with Crippen molar-refractivity contribution in [1.82, 2.24) is 5.32 Å². The number of aromatic hydroxyl groups is 1. The van der Waals surface area contributed by atoms with Gasteiger partial charge in [0.25, 0.3) is 0 Å². The molecule has 0 radical (unpaired) electrons. The zero-order valence-corrected chi connectivity index (χ0v) is 11.4. The van der Waals surface area contributed by atoms with Gasteiger partial charge in [-0.15, -0.1) is 0 Å². The van der Waals surface area contributed by atoms with Gasteiger partial charge in [0.1, 0.15) is 5.75 Å². The molecule has 2 nitrogen and oxygen atoms in total. The molecular formula is C14H23NOS. The van der Waals surface area contributed by atoms with Crippen LogP contribution in [0.4, 0.5) is 0 Å². The van der Waals surface area contributed by atoms with Gasteiger partial charge in [-0.1, -0.05) is 31.0 Å². The Morgan fingerprint density at radius 1 is 1.12 bits per heavy atom. The Labute approximate surface area is 109 Å². The Bertz CT molecular complexity index is 304. The Balaban J connectivity index is 1.99. The molecule has 2 N–H and O–H groups in total. The summed E-state index contributed by atoms with van der Waals surface area (Å²) in [6.07, 6.45) is 7.35. The van der Waals surface area contributed by atoms with Crippen LogP contribution in [-0.4, -0.2) is 23.7 Å². The summed E-state index contributed by atoms with van der Waals surface area (Å²) in [5.41, 5.74) is 0.981. The van der Waals surface area contributed by atoms with Crippen LogP contribution in [0.5, 0.6) is 5.75 Å². The molecule has 0 aliphatic carbocycles. The van der Waals surface area contributed by atoms with E-state index in [2.05, 4.69) is 11.6 Å². The van der Waals surface area contributed by atoms with Gasteiger partial charge in [-0.05, 0) is 37.5 Å². The summed E-state index contributed by atoms with van der Waals surface area (Å²) in [5.74, 6) is 1.67. The van der Waals surface area contributed by atoms with Crippen molar-refractivity contribution in [2.75, 3.05) is 18.6 Å². The van der Waals surface area contributed by atoms with Crippen LogP contribution in [0.1, 0.15) is 31.2 Å². The van der Waals surface area contributed by atoms with E-state index in [1.807, 2.05) is 30.0 Å². The third kappa shape index (κ3) is 6.59. The third-order valence-corrected chi connectivity index (χ3v) is 3.46. The largest absolute Gasteiger partial charge is 0.508 e. The second-order valence-corrected chi connectivity index (χ2v) is 5.20. The van der Waals surface area contributed by atoms with Gasteiger partial charge >= 0.3 is 0 Å². The molecule has 96 valence electrons. The third-order valence-electron chi connectivity index (χ3n) is 2.76. The fraction of sp³-hybridized carbons (Fsp3) is 0.571. The Hall–Kier alpha value is -0.670. The van der Waals surface area contributed by atoms with E-state index < -0.39 is 0 Å². The van der Waals surface area contributed by atoms with E-state index in [4.69, 9.17) is 0 Å². The summed E-state index contributed by atoms with van der Waals surface area (Å²) >= 11 is 1.93. The molecule has 1 rings (SSSR count). The van der Waals surface area contributed by atoms with Crippen LogP contribution >= 0.6 is 11.8 Å². The van der Waals surface area contributed by atoms with Crippen LogP contribution in [0.2, 0.25) is 0 Å². The normalized spacial score (nSPS) is 10.6. The van der Waals surface area contributed by atoms with Crippen molar-refractivity contribution in [3.63, 3.8) is 0 Å².